The monoisotopic (exact) mass is 258 g/mol. The Morgan fingerprint density at radius 2 is 2.00 bits per heavy atom. The SMILES string of the molecule is Cc1ccc(C)c(C(O)Cn2cc(C)cnc2=O)c1. The summed E-state index contributed by atoms with van der Waals surface area (Å²) in [6.07, 6.45) is 2.54. The summed E-state index contributed by atoms with van der Waals surface area (Å²) < 4.78 is 1.45. The first kappa shape index (κ1) is 13.5. The molecule has 0 aliphatic heterocycles. The lowest BCUT2D eigenvalue weighted by molar-refractivity contribution is 0.153. The maximum absolute atomic E-state index is 11.6. The number of aliphatic hydroxyl groups excluding tert-OH is 1. The van der Waals surface area contributed by atoms with E-state index in [1.807, 2.05) is 39.0 Å². The van der Waals surface area contributed by atoms with Gasteiger partial charge in [-0.25, -0.2) is 9.78 Å². The number of aryl methyl sites for hydroxylation is 3. The van der Waals surface area contributed by atoms with Crippen molar-refractivity contribution in [2.24, 2.45) is 0 Å². The Morgan fingerprint density at radius 1 is 1.26 bits per heavy atom. The molecule has 19 heavy (non-hydrogen) atoms. The summed E-state index contributed by atoms with van der Waals surface area (Å²) in [7, 11) is 0. The van der Waals surface area contributed by atoms with Gasteiger partial charge in [0.1, 0.15) is 0 Å². The fraction of sp³-hybridized carbons (Fsp3) is 0.333. The molecule has 0 saturated carbocycles. The number of aliphatic hydroxyl groups is 1. The average Bonchev–Trinajstić information content (AvgIpc) is 2.36. The topological polar surface area (TPSA) is 55.1 Å². The minimum atomic E-state index is -0.707. The van der Waals surface area contributed by atoms with Gasteiger partial charge in [-0.3, -0.25) is 4.57 Å². The third kappa shape index (κ3) is 3.09. The highest BCUT2D eigenvalue weighted by atomic mass is 16.3. The van der Waals surface area contributed by atoms with Gasteiger partial charge in [-0.15, -0.1) is 0 Å². The van der Waals surface area contributed by atoms with Crippen LogP contribution in [0.2, 0.25) is 0 Å². The molecule has 0 bridgehead atoms. The average molecular weight is 258 g/mol. The first-order valence-corrected chi connectivity index (χ1v) is 6.25. The van der Waals surface area contributed by atoms with Gasteiger partial charge in [0.05, 0.1) is 12.6 Å². The molecule has 2 aromatic rings. The molecular formula is C15H18N2O2. The zero-order valence-corrected chi connectivity index (χ0v) is 11.4. The van der Waals surface area contributed by atoms with Crippen LogP contribution in [0.25, 0.3) is 0 Å². The van der Waals surface area contributed by atoms with Crippen LogP contribution >= 0.6 is 0 Å². The quantitative estimate of drug-likeness (QED) is 0.914. The molecule has 2 rings (SSSR count). The third-order valence-corrected chi connectivity index (χ3v) is 3.15. The third-order valence-electron chi connectivity index (χ3n) is 3.15. The van der Waals surface area contributed by atoms with Crippen molar-refractivity contribution in [2.45, 2.75) is 33.4 Å². The van der Waals surface area contributed by atoms with E-state index in [4.69, 9.17) is 0 Å². The van der Waals surface area contributed by atoms with Crippen LogP contribution in [0.15, 0.2) is 35.4 Å². The Kier molecular flexibility index (Phi) is 3.81. The van der Waals surface area contributed by atoms with Gasteiger partial charge in [0.25, 0.3) is 0 Å². The van der Waals surface area contributed by atoms with Crippen molar-refractivity contribution >= 4 is 0 Å². The van der Waals surface area contributed by atoms with Crippen molar-refractivity contribution in [1.29, 1.82) is 0 Å². The van der Waals surface area contributed by atoms with Gasteiger partial charge in [0, 0.05) is 12.4 Å². The van der Waals surface area contributed by atoms with E-state index >= 15 is 0 Å². The number of benzene rings is 1. The molecule has 0 fully saturated rings. The highest BCUT2D eigenvalue weighted by Gasteiger charge is 2.12. The van der Waals surface area contributed by atoms with E-state index in [9.17, 15) is 9.90 Å². The van der Waals surface area contributed by atoms with E-state index < -0.39 is 6.10 Å². The van der Waals surface area contributed by atoms with Crippen LogP contribution in [0.4, 0.5) is 0 Å². The van der Waals surface area contributed by atoms with Crippen LogP contribution in [0.5, 0.6) is 0 Å². The van der Waals surface area contributed by atoms with Crippen LogP contribution in [0, 0.1) is 20.8 Å². The molecule has 100 valence electrons. The van der Waals surface area contributed by atoms with Gasteiger partial charge in [-0.05, 0) is 37.5 Å². The minimum Gasteiger partial charge on any atom is -0.387 e. The van der Waals surface area contributed by atoms with Crippen LogP contribution in [0.3, 0.4) is 0 Å². The molecule has 4 heteroatoms. The second-order valence-electron chi connectivity index (χ2n) is 4.94. The maximum atomic E-state index is 11.6. The maximum Gasteiger partial charge on any atom is 0.347 e. The predicted octanol–water partition coefficient (Wildman–Crippen LogP) is 1.90. The van der Waals surface area contributed by atoms with Crippen LogP contribution in [-0.2, 0) is 6.54 Å². The molecule has 1 unspecified atom stereocenters. The second kappa shape index (κ2) is 5.36. The predicted molar refractivity (Wildman–Crippen MR) is 74.1 cm³/mol. The molecule has 0 saturated heterocycles. The summed E-state index contributed by atoms with van der Waals surface area (Å²) in [5.41, 5.74) is 3.53. The van der Waals surface area contributed by atoms with Gasteiger partial charge in [0.15, 0.2) is 0 Å². The highest BCUT2D eigenvalue weighted by Crippen LogP contribution is 2.20. The van der Waals surface area contributed by atoms with E-state index in [1.54, 1.807) is 6.20 Å². The molecule has 4 nitrogen and oxygen atoms in total. The van der Waals surface area contributed by atoms with E-state index in [1.165, 1.54) is 10.8 Å². The van der Waals surface area contributed by atoms with Crippen molar-refractivity contribution in [1.82, 2.24) is 9.55 Å². The van der Waals surface area contributed by atoms with Gasteiger partial charge in [-0.1, -0.05) is 23.8 Å². The lowest BCUT2D eigenvalue weighted by Crippen LogP contribution is -2.25. The first-order chi connectivity index (χ1) is 8.97. The Labute approximate surface area is 112 Å². The van der Waals surface area contributed by atoms with Crippen LogP contribution < -0.4 is 5.69 Å². The number of nitrogens with zero attached hydrogens (tertiary/aromatic N) is 2. The summed E-state index contributed by atoms with van der Waals surface area (Å²) in [4.78, 5) is 15.4. The molecule has 0 amide bonds. The Balaban J connectivity index is 2.30. The molecule has 1 N–H and O–H groups in total. The van der Waals surface area contributed by atoms with E-state index in [-0.39, 0.29) is 12.2 Å². The number of aromatic nitrogens is 2. The number of hydrogen-bond acceptors (Lipinski definition) is 3. The smallest absolute Gasteiger partial charge is 0.347 e. The molecule has 0 radical (unpaired) electrons. The lowest BCUT2D eigenvalue weighted by Gasteiger charge is -2.16. The standard InChI is InChI=1S/C15H18N2O2/c1-10-4-5-12(3)13(6-10)14(18)9-17-8-11(2)7-16-15(17)19/h4-8,14,18H,9H2,1-3H3. The molecular weight excluding hydrogens is 240 g/mol. The van der Waals surface area contributed by atoms with Gasteiger partial charge in [0.2, 0.25) is 0 Å². The summed E-state index contributed by atoms with van der Waals surface area (Å²) in [5.74, 6) is 0. The summed E-state index contributed by atoms with van der Waals surface area (Å²) in [6.45, 7) is 6.02. The molecule has 0 aliphatic rings. The fourth-order valence-corrected chi connectivity index (χ4v) is 2.10. The molecule has 0 aliphatic carbocycles. The van der Waals surface area contributed by atoms with E-state index in [2.05, 4.69) is 4.98 Å². The molecule has 1 aromatic heterocycles. The number of rotatable bonds is 3. The van der Waals surface area contributed by atoms with Gasteiger partial charge >= 0.3 is 5.69 Å². The summed E-state index contributed by atoms with van der Waals surface area (Å²) in [5, 5.41) is 10.3. The van der Waals surface area contributed by atoms with Crippen molar-refractivity contribution < 1.29 is 5.11 Å². The summed E-state index contributed by atoms with van der Waals surface area (Å²) >= 11 is 0. The molecule has 1 atom stereocenters. The molecule has 1 aromatic carbocycles. The first-order valence-electron chi connectivity index (χ1n) is 6.25. The Morgan fingerprint density at radius 3 is 2.74 bits per heavy atom. The summed E-state index contributed by atoms with van der Waals surface area (Å²) in [6, 6.07) is 5.94. The molecule has 1 heterocycles. The highest BCUT2D eigenvalue weighted by molar-refractivity contribution is 5.32. The number of hydrogen-bond donors (Lipinski definition) is 1. The van der Waals surface area contributed by atoms with Gasteiger partial charge in [-0.2, -0.15) is 0 Å². The zero-order valence-electron chi connectivity index (χ0n) is 11.4. The van der Waals surface area contributed by atoms with Crippen molar-refractivity contribution in [2.75, 3.05) is 0 Å². The van der Waals surface area contributed by atoms with E-state index in [0.29, 0.717) is 0 Å². The Hall–Kier alpha value is -1.94. The second-order valence-corrected chi connectivity index (χ2v) is 4.94. The van der Waals surface area contributed by atoms with Crippen molar-refractivity contribution in [3.05, 3.63) is 63.3 Å². The Bertz CT molecular complexity index is 647. The van der Waals surface area contributed by atoms with Crippen LogP contribution in [0.1, 0.15) is 28.4 Å². The molecule has 0 spiro atoms. The van der Waals surface area contributed by atoms with Crippen molar-refractivity contribution in [3.63, 3.8) is 0 Å². The fourth-order valence-electron chi connectivity index (χ4n) is 2.10. The van der Waals surface area contributed by atoms with Crippen LogP contribution in [-0.4, -0.2) is 14.7 Å². The lowest BCUT2D eigenvalue weighted by atomic mass is 10.0. The van der Waals surface area contributed by atoms with E-state index in [0.717, 1.165) is 22.3 Å². The normalized spacial score (nSPS) is 12.4. The minimum absolute atomic E-state index is 0.220. The largest absolute Gasteiger partial charge is 0.387 e. The van der Waals surface area contributed by atoms with Crippen molar-refractivity contribution in [3.8, 4) is 0 Å². The van der Waals surface area contributed by atoms with Gasteiger partial charge < -0.3 is 5.11 Å². The zero-order chi connectivity index (χ0) is 14.0.